The average Bonchev–Trinajstić information content (AvgIpc) is 3.31. The highest BCUT2D eigenvalue weighted by Gasteiger charge is 2.39. The van der Waals surface area contributed by atoms with Gasteiger partial charge >= 0.3 is 6.18 Å². The highest BCUT2D eigenvalue weighted by Crippen LogP contribution is 2.39. The van der Waals surface area contributed by atoms with Gasteiger partial charge < -0.3 is 15.2 Å². The van der Waals surface area contributed by atoms with Gasteiger partial charge in [0.2, 0.25) is 5.89 Å². The summed E-state index contributed by atoms with van der Waals surface area (Å²) in [6.07, 6.45) is 2.18. The van der Waals surface area contributed by atoms with Gasteiger partial charge in [0.15, 0.2) is 5.82 Å². The van der Waals surface area contributed by atoms with Gasteiger partial charge in [-0.3, -0.25) is 0 Å². The Kier molecular flexibility index (Phi) is 5.86. The molecule has 0 radical (unpaired) electrons. The standard InChI is InChI=1S/C18H22F3N5O.ClH/c19-18(20,21)13-6-3-9-23-14(13)26-10-4-5-12(11-26)15-24-16(25-27-15)17(22)7-1-2-8-17;/h3,6,9,12H,1-2,4-5,7-8,10-11,22H2;1H. The molecule has 4 rings (SSSR count). The van der Waals surface area contributed by atoms with Crippen molar-refractivity contribution in [3.8, 4) is 0 Å². The first-order valence-electron chi connectivity index (χ1n) is 9.27. The minimum atomic E-state index is -4.44. The fourth-order valence-electron chi connectivity index (χ4n) is 4.07. The van der Waals surface area contributed by atoms with Crippen molar-refractivity contribution in [2.75, 3.05) is 18.0 Å². The van der Waals surface area contributed by atoms with Crippen LogP contribution in [0.25, 0.3) is 0 Å². The first kappa shape index (κ1) is 20.9. The van der Waals surface area contributed by atoms with Crippen molar-refractivity contribution < 1.29 is 17.7 Å². The molecule has 2 aromatic rings. The van der Waals surface area contributed by atoms with E-state index in [0.717, 1.165) is 44.6 Å². The molecule has 1 aliphatic carbocycles. The SMILES string of the molecule is Cl.NC1(c2noc(C3CCCN(c4ncccc4C(F)(F)F)C3)n2)CCCC1. The van der Waals surface area contributed by atoms with Crippen LogP contribution in [0.4, 0.5) is 19.0 Å². The van der Waals surface area contributed by atoms with Crippen molar-refractivity contribution in [1.29, 1.82) is 0 Å². The minimum absolute atomic E-state index is 0. The van der Waals surface area contributed by atoms with Gasteiger partial charge in [-0.1, -0.05) is 18.0 Å². The molecule has 1 atom stereocenters. The molecule has 10 heteroatoms. The molecule has 3 heterocycles. The highest BCUT2D eigenvalue weighted by atomic mass is 35.5. The third kappa shape index (κ3) is 3.96. The number of pyridine rings is 1. The van der Waals surface area contributed by atoms with Crippen molar-refractivity contribution in [3.05, 3.63) is 35.6 Å². The molecule has 0 aromatic carbocycles. The second kappa shape index (κ2) is 7.87. The van der Waals surface area contributed by atoms with E-state index < -0.39 is 17.3 Å². The van der Waals surface area contributed by atoms with E-state index in [1.165, 1.54) is 12.3 Å². The fraction of sp³-hybridized carbons (Fsp3) is 0.611. The topological polar surface area (TPSA) is 81.1 Å². The molecule has 6 nitrogen and oxygen atoms in total. The molecule has 28 heavy (non-hydrogen) atoms. The van der Waals surface area contributed by atoms with Crippen LogP contribution in [0.1, 0.15) is 61.7 Å². The number of halogens is 4. The van der Waals surface area contributed by atoms with Crippen molar-refractivity contribution in [2.24, 2.45) is 5.73 Å². The summed E-state index contributed by atoms with van der Waals surface area (Å²) in [6.45, 7) is 0.873. The van der Waals surface area contributed by atoms with E-state index in [0.29, 0.717) is 24.8 Å². The van der Waals surface area contributed by atoms with Crippen LogP contribution in [-0.4, -0.2) is 28.2 Å². The van der Waals surface area contributed by atoms with Gasteiger partial charge in [0.25, 0.3) is 0 Å². The molecule has 0 spiro atoms. The average molecular weight is 418 g/mol. The van der Waals surface area contributed by atoms with E-state index in [1.54, 1.807) is 4.90 Å². The Morgan fingerprint density at radius 3 is 2.68 bits per heavy atom. The van der Waals surface area contributed by atoms with Crippen LogP contribution in [-0.2, 0) is 11.7 Å². The zero-order chi connectivity index (χ0) is 19.1. The van der Waals surface area contributed by atoms with Gasteiger partial charge in [-0.2, -0.15) is 18.2 Å². The van der Waals surface area contributed by atoms with Gasteiger partial charge in [0.1, 0.15) is 5.82 Å². The van der Waals surface area contributed by atoms with E-state index in [9.17, 15) is 13.2 Å². The molecule has 2 aromatic heterocycles. The molecule has 1 aliphatic heterocycles. The van der Waals surface area contributed by atoms with Crippen LogP contribution in [0.15, 0.2) is 22.9 Å². The Labute approximate surface area is 167 Å². The maximum atomic E-state index is 13.3. The summed E-state index contributed by atoms with van der Waals surface area (Å²) in [5.41, 5.74) is 5.12. The maximum Gasteiger partial charge on any atom is 0.419 e. The van der Waals surface area contributed by atoms with Gasteiger partial charge in [0.05, 0.1) is 17.0 Å². The molecule has 0 amide bonds. The number of hydrogen-bond acceptors (Lipinski definition) is 6. The third-order valence-electron chi connectivity index (χ3n) is 5.55. The summed E-state index contributed by atoms with van der Waals surface area (Å²) < 4.78 is 45.4. The number of piperidine rings is 1. The molecular formula is C18H23ClF3N5O. The maximum absolute atomic E-state index is 13.3. The Bertz CT molecular complexity index is 807. The first-order valence-corrected chi connectivity index (χ1v) is 9.27. The second-order valence-corrected chi connectivity index (χ2v) is 7.48. The molecular weight excluding hydrogens is 395 g/mol. The molecule has 1 saturated heterocycles. The van der Waals surface area contributed by atoms with Crippen LogP contribution in [0, 0.1) is 0 Å². The number of aromatic nitrogens is 3. The van der Waals surface area contributed by atoms with Crippen molar-refractivity contribution in [3.63, 3.8) is 0 Å². The van der Waals surface area contributed by atoms with E-state index >= 15 is 0 Å². The summed E-state index contributed by atoms with van der Waals surface area (Å²) in [4.78, 5) is 10.2. The molecule has 0 bridgehead atoms. The lowest BCUT2D eigenvalue weighted by atomic mass is 9.96. The van der Waals surface area contributed by atoms with Crippen LogP contribution in [0.5, 0.6) is 0 Å². The Hall–Kier alpha value is -1.87. The summed E-state index contributed by atoms with van der Waals surface area (Å²) in [6, 6.07) is 2.37. The first-order chi connectivity index (χ1) is 12.9. The zero-order valence-electron chi connectivity index (χ0n) is 15.3. The fourth-order valence-corrected chi connectivity index (χ4v) is 4.07. The monoisotopic (exact) mass is 417 g/mol. The molecule has 1 unspecified atom stereocenters. The van der Waals surface area contributed by atoms with Gasteiger partial charge in [0, 0.05) is 19.3 Å². The van der Waals surface area contributed by atoms with Crippen LogP contribution >= 0.6 is 12.4 Å². The number of alkyl halides is 3. The van der Waals surface area contributed by atoms with E-state index in [1.807, 2.05) is 0 Å². The Morgan fingerprint density at radius 1 is 1.21 bits per heavy atom. The predicted molar refractivity (Wildman–Crippen MR) is 99.3 cm³/mol. The quantitative estimate of drug-likeness (QED) is 0.812. The summed E-state index contributed by atoms with van der Waals surface area (Å²) in [5.74, 6) is 0.797. The van der Waals surface area contributed by atoms with Gasteiger partial charge in [-0.15, -0.1) is 12.4 Å². The number of rotatable bonds is 3. The summed E-state index contributed by atoms with van der Waals surface area (Å²) in [5, 5.41) is 4.07. The summed E-state index contributed by atoms with van der Waals surface area (Å²) in [7, 11) is 0. The van der Waals surface area contributed by atoms with Gasteiger partial charge in [-0.05, 0) is 37.8 Å². The van der Waals surface area contributed by atoms with E-state index in [-0.39, 0.29) is 24.1 Å². The minimum Gasteiger partial charge on any atom is -0.355 e. The number of nitrogens with two attached hydrogens (primary N) is 1. The Morgan fingerprint density at radius 2 is 1.96 bits per heavy atom. The van der Waals surface area contributed by atoms with Crippen molar-refractivity contribution in [1.82, 2.24) is 15.1 Å². The summed E-state index contributed by atoms with van der Waals surface area (Å²) >= 11 is 0. The number of hydrogen-bond donors (Lipinski definition) is 1. The largest absolute Gasteiger partial charge is 0.419 e. The molecule has 1 saturated carbocycles. The predicted octanol–water partition coefficient (Wildman–Crippen LogP) is 4.02. The Balaban J connectivity index is 0.00000225. The molecule has 2 N–H and O–H groups in total. The smallest absolute Gasteiger partial charge is 0.355 e. The zero-order valence-corrected chi connectivity index (χ0v) is 16.1. The van der Waals surface area contributed by atoms with Crippen LogP contribution in [0.3, 0.4) is 0 Å². The van der Waals surface area contributed by atoms with Crippen LogP contribution in [0.2, 0.25) is 0 Å². The normalized spacial score (nSPS) is 22.1. The van der Waals surface area contributed by atoms with Crippen molar-refractivity contribution >= 4 is 18.2 Å². The molecule has 2 fully saturated rings. The third-order valence-corrected chi connectivity index (χ3v) is 5.55. The molecule has 154 valence electrons. The van der Waals surface area contributed by atoms with E-state index in [2.05, 4.69) is 15.1 Å². The lowest BCUT2D eigenvalue weighted by Crippen LogP contribution is -2.37. The number of nitrogens with zero attached hydrogens (tertiary/aromatic N) is 4. The lowest BCUT2D eigenvalue weighted by Gasteiger charge is -2.33. The van der Waals surface area contributed by atoms with Gasteiger partial charge in [-0.25, -0.2) is 4.98 Å². The second-order valence-electron chi connectivity index (χ2n) is 7.48. The lowest BCUT2D eigenvalue weighted by molar-refractivity contribution is -0.137. The number of anilines is 1. The molecule has 2 aliphatic rings. The van der Waals surface area contributed by atoms with E-state index in [4.69, 9.17) is 10.3 Å². The highest BCUT2D eigenvalue weighted by molar-refractivity contribution is 5.85. The van der Waals surface area contributed by atoms with Crippen LogP contribution < -0.4 is 10.6 Å². The van der Waals surface area contributed by atoms with Crippen molar-refractivity contribution in [2.45, 2.75) is 56.2 Å².